The van der Waals surface area contributed by atoms with Gasteiger partial charge in [0.2, 0.25) is 0 Å². The summed E-state index contributed by atoms with van der Waals surface area (Å²) in [5.74, 6) is 1.87. The second-order valence-electron chi connectivity index (χ2n) is 6.43. The minimum Gasteiger partial charge on any atom is -0.357 e. The van der Waals surface area contributed by atoms with Gasteiger partial charge in [-0.2, -0.15) is 0 Å². The van der Waals surface area contributed by atoms with Crippen LogP contribution in [0, 0.1) is 5.92 Å². The summed E-state index contributed by atoms with van der Waals surface area (Å²) in [5.41, 5.74) is 1.03. The minimum atomic E-state index is 0. The number of guanidine groups is 1. The van der Waals surface area contributed by atoms with Crippen molar-refractivity contribution in [3.8, 4) is 0 Å². The largest absolute Gasteiger partial charge is 0.357 e. The normalized spacial score (nSPS) is 15.2. The Labute approximate surface area is 167 Å². The van der Waals surface area contributed by atoms with Gasteiger partial charge in [-0.25, -0.2) is 9.98 Å². The molecular weight excluding hydrogens is 433 g/mol. The number of aliphatic imine (C=N–C) groups is 1. The first-order chi connectivity index (χ1) is 11.2. The molecule has 1 aromatic heterocycles. The maximum atomic E-state index is 4.65. The van der Waals surface area contributed by atoms with Crippen LogP contribution in [-0.2, 0) is 6.54 Å². The van der Waals surface area contributed by atoms with Gasteiger partial charge in [-0.1, -0.05) is 25.7 Å². The number of anilines is 1. The van der Waals surface area contributed by atoms with Gasteiger partial charge in [0, 0.05) is 32.6 Å². The Morgan fingerprint density at radius 3 is 2.71 bits per heavy atom. The first kappa shape index (κ1) is 21.5. The number of hydrogen-bond donors (Lipinski definition) is 2. The predicted octanol–water partition coefficient (Wildman–Crippen LogP) is 3.85. The molecule has 0 saturated heterocycles. The molecule has 1 aliphatic rings. The molecule has 2 rings (SSSR count). The lowest BCUT2D eigenvalue weighted by Gasteiger charge is -2.12. The molecule has 0 spiro atoms. The van der Waals surface area contributed by atoms with Gasteiger partial charge in [0.25, 0.3) is 0 Å². The van der Waals surface area contributed by atoms with E-state index in [0.717, 1.165) is 35.8 Å². The van der Waals surface area contributed by atoms with Crippen molar-refractivity contribution in [2.24, 2.45) is 10.9 Å². The number of rotatable bonds is 8. The molecule has 2 N–H and O–H groups in total. The molecule has 1 heterocycles. The second kappa shape index (κ2) is 11.9. The molecule has 0 aliphatic heterocycles. The van der Waals surface area contributed by atoms with Crippen LogP contribution in [0.1, 0.15) is 51.1 Å². The average Bonchev–Trinajstić information content (AvgIpc) is 3.20. The lowest BCUT2D eigenvalue weighted by molar-refractivity contribution is 0.481. The van der Waals surface area contributed by atoms with Gasteiger partial charge < -0.3 is 15.5 Å². The summed E-state index contributed by atoms with van der Waals surface area (Å²) in [6.07, 6.45) is 8.33. The van der Waals surface area contributed by atoms with Crippen molar-refractivity contribution in [3.63, 3.8) is 0 Å². The van der Waals surface area contributed by atoms with Crippen molar-refractivity contribution >= 4 is 46.4 Å². The Bertz CT molecular complexity index is 483. The van der Waals surface area contributed by atoms with Gasteiger partial charge in [-0.3, -0.25) is 0 Å². The lowest BCUT2D eigenvalue weighted by Crippen LogP contribution is -2.37. The van der Waals surface area contributed by atoms with E-state index in [9.17, 15) is 0 Å². The Morgan fingerprint density at radius 2 is 2.08 bits per heavy atom. The number of hydrogen-bond acceptors (Lipinski definition) is 4. The van der Waals surface area contributed by atoms with Crippen LogP contribution in [0.4, 0.5) is 5.13 Å². The first-order valence-corrected chi connectivity index (χ1v) is 9.71. The van der Waals surface area contributed by atoms with Crippen molar-refractivity contribution in [3.05, 3.63) is 11.1 Å². The van der Waals surface area contributed by atoms with Crippen molar-refractivity contribution in [1.29, 1.82) is 0 Å². The van der Waals surface area contributed by atoms with Gasteiger partial charge in [-0.15, -0.1) is 35.3 Å². The molecule has 5 nitrogen and oxygen atoms in total. The summed E-state index contributed by atoms with van der Waals surface area (Å²) < 4.78 is 0. The van der Waals surface area contributed by atoms with Crippen LogP contribution in [0.5, 0.6) is 0 Å². The summed E-state index contributed by atoms with van der Waals surface area (Å²) in [6, 6.07) is 0. The first-order valence-electron chi connectivity index (χ1n) is 8.83. The van der Waals surface area contributed by atoms with E-state index in [4.69, 9.17) is 0 Å². The van der Waals surface area contributed by atoms with E-state index in [1.54, 1.807) is 11.3 Å². The summed E-state index contributed by atoms with van der Waals surface area (Å²) in [4.78, 5) is 11.3. The highest BCUT2D eigenvalue weighted by atomic mass is 127. The smallest absolute Gasteiger partial charge is 0.191 e. The van der Waals surface area contributed by atoms with Gasteiger partial charge in [-0.05, 0) is 25.7 Å². The van der Waals surface area contributed by atoms with Crippen molar-refractivity contribution < 1.29 is 0 Å². The van der Waals surface area contributed by atoms with E-state index in [-0.39, 0.29) is 24.0 Å². The van der Waals surface area contributed by atoms with E-state index in [2.05, 4.69) is 32.9 Å². The molecule has 0 aromatic carbocycles. The molecule has 138 valence electrons. The third kappa shape index (κ3) is 7.55. The maximum Gasteiger partial charge on any atom is 0.191 e. The fourth-order valence-electron chi connectivity index (χ4n) is 2.97. The standard InChI is InChI=1S/C17H31N5S.HI/c1-4-18-16(19-11-7-10-14-8-5-6-9-14)20-12-15-13-23-17(21-15)22(2)3;/h13-14H,4-12H2,1-3H3,(H2,18,19,20);1H. The number of thiazole rings is 1. The second-order valence-corrected chi connectivity index (χ2v) is 7.27. The molecule has 0 unspecified atom stereocenters. The quantitative estimate of drug-likeness (QED) is 0.265. The monoisotopic (exact) mass is 465 g/mol. The molecule has 1 aromatic rings. The van der Waals surface area contributed by atoms with E-state index >= 15 is 0 Å². The Kier molecular flexibility index (Phi) is 10.6. The summed E-state index contributed by atoms with van der Waals surface area (Å²) >= 11 is 1.66. The molecule has 24 heavy (non-hydrogen) atoms. The van der Waals surface area contributed by atoms with E-state index in [0.29, 0.717) is 6.54 Å². The maximum absolute atomic E-state index is 4.65. The Balaban J connectivity index is 0.00000288. The summed E-state index contributed by atoms with van der Waals surface area (Å²) in [6.45, 7) is 4.61. The zero-order chi connectivity index (χ0) is 16.5. The molecule has 0 radical (unpaired) electrons. The van der Waals surface area contributed by atoms with Crippen molar-refractivity contribution in [1.82, 2.24) is 15.6 Å². The molecule has 7 heteroatoms. The van der Waals surface area contributed by atoms with E-state index in [1.165, 1.54) is 38.5 Å². The Hall–Kier alpha value is -0.570. The predicted molar refractivity (Wildman–Crippen MR) is 116 cm³/mol. The molecular formula is C17H32IN5S. The summed E-state index contributed by atoms with van der Waals surface area (Å²) in [7, 11) is 4.03. The molecule has 1 saturated carbocycles. The van der Waals surface area contributed by atoms with Crippen LogP contribution in [0.25, 0.3) is 0 Å². The van der Waals surface area contributed by atoms with E-state index in [1.807, 2.05) is 19.0 Å². The topological polar surface area (TPSA) is 52.6 Å². The van der Waals surface area contributed by atoms with Crippen LogP contribution in [0.15, 0.2) is 10.4 Å². The fraction of sp³-hybridized carbons (Fsp3) is 0.765. The van der Waals surface area contributed by atoms with Gasteiger partial charge in [0.05, 0.1) is 12.2 Å². The number of nitrogens with zero attached hydrogens (tertiary/aromatic N) is 3. The summed E-state index contributed by atoms with van der Waals surface area (Å²) in [5, 5.41) is 9.88. The highest BCUT2D eigenvalue weighted by Gasteiger charge is 2.14. The van der Waals surface area contributed by atoms with Crippen LogP contribution in [-0.4, -0.2) is 38.1 Å². The number of nitrogens with one attached hydrogen (secondary N) is 2. The Morgan fingerprint density at radius 1 is 1.33 bits per heavy atom. The molecule has 0 amide bonds. The highest BCUT2D eigenvalue weighted by Crippen LogP contribution is 2.28. The fourth-order valence-corrected chi connectivity index (χ4v) is 3.72. The zero-order valence-electron chi connectivity index (χ0n) is 15.2. The minimum absolute atomic E-state index is 0. The molecule has 0 bridgehead atoms. The zero-order valence-corrected chi connectivity index (χ0v) is 18.3. The van der Waals surface area contributed by atoms with Crippen LogP contribution < -0.4 is 15.5 Å². The SMILES string of the molecule is CCNC(=NCc1csc(N(C)C)n1)NCCCC1CCCC1.I. The third-order valence-electron chi connectivity index (χ3n) is 4.22. The van der Waals surface area contributed by atoms with Crippen molar-refractivity contribution in [2.75, 3.05) is 32.1 Å². The van der Waals surface area contributed by atoms with E-state index < -0.39 is 0 Å². The van der Waals surface area contributed by atoms with Crippen LogP contribution in [0.2, 0.25) is 0 Å². The third-order valence-corrected chi connectivity index (χ3v) is 5.28. The average molecular weight is 465 g/mol. The van der Waals surface area contributed by atoms with Crippen molar-refractivity contribution in [2.45, 2.75) is 52.0 Å². The highest BCUT2D eigenvalue weighted by molar-refractivity contribution is 14.0. The number of halogens is 1. The van der Waals surface area contributed by atoms with Gasteiger partial charge in [0.1, 0.15) is 0 Å². The van der Waals surface area contributed by atoms with Gasteiger partial charge >= 0.3 is 0 Å². The molecule has 1 aliphatic carbocycles. The molecule has 1 fully saturated rings. The van der Waals surface area contributed by atoms with Crippen LogP contribution in [0.3, 0.4) is 0 Å². The van der Waals surface area contributed by atoms with Gasteiger partial charge in [0.15, 0.2) is 11.1 Å². The van der Waals surface area contributed by atoms with Crippen LogP contribution >= 0.6 is 35.3 Å². The molecule has 0 atom stereocenters. The lowest BCUT2D eigenvalue weighted by atomic mass is 10.0. The number of aromatic nitrogens is 1.